The Morgan fingerprint density at radius 1 is 1.18 bits per heavy atom. The van der Waals surface area contributed by atoms with Crippen LogP contribution in [0, 0.1) is 6.92 Å². The van der Waals surface area contributed by atoms with Gasteiger partial charge in [-0.15, -0.1) is 0 Å². The van der Waals surface area contributed by atoms with Crippen LogP contribution in [0.2, 0.25) is 0 Å². The lowest BCUT2D eigenvalue weighted by Gasteiger charge is -2.11. The summed E-state index contributed by atoms with van der Waals surface area (Å²) in [5.41, 5.74) is 3.95. The molecule has 3 aromatic rings. The largest absolute Gasteiger partial charge is 0.493 e. The first-order valence-corrected chi connectivity index (χ1v) is 9.56. The highest BCUT2D eigenvalue weighted by atomic mass is 16.5. The summed E-state index contributed by atoms with van der Waals surface area (Å²) in [5, 5.41) is 14.0. The summed E-state index contributed by atoms with van der Waals surface area (Å²) in [6, 6.07) is 11.7. The first-order valence-electron chi connectivity index (χ1n) is 9.56. The van der Waals surface area contributed by atoms with Gasteiger partial charge in [0.25, 0.3) is 0 Å². The predicted octanol–water partition coefficient (Wildman–Crippen LogP) is 4.49. The molecular formula is C22H23NO5. The summed E-state index contributed by atoms with van der Waals surface area (Å²) in [7, 11) is 0. The molecular weight excluding hydrogens is 358 g/mol. The van der Waals surface area contributed by atoms with Gasteiger partial charge in [0.15, 0.2) is 5.58 Å². The predicted molar refractivity (Wildman–Crippen MR) is 104 cm³/mol. The molecule has 0 spiro atoms. The molecule has 0 saturated heterocycles. The Bertz CT molecular complexity index is 994. The molecule has 1 atom stereocenters. The van der Waals surface area contributed by atoms with Crippen molar-refractivity contribution in [3.63, 3.8) is 0 Å². The van der Waals surface area contributed by atoms with Gasteiger partial charge in [-0.05, 0) is 61.1 Å². The van der Waals surface area contributed by atoms with Crippen LogP contribution in [-0.2, 0) is 11.2 Å². The molecule has 4 rings (SSSR count). The summed E-state index contributed by atoms with van der Waals surface area (Å²) < 4.78 is 16.8. The Labute approximate surface area is 163 Å². The van der Waals surface area contributed by atoms with Crippen LogP contribution in [0.25, 0.3) is 11.0 Å². The minimum Gasteiger partial charge on any atom is -0.493 e. The molecule has 1 N–H and O–H groups in total. The van der Waals surface area contributed by atoms with E-state index in [-0.39, 0.29) is 12.3 Å². The molecule has 2 aromatic carbocycles. The molecule has 1 aliphatic rings. The van der Waals surface area contributed by atoms with Crippen molar-refractivity contribution in [2.24, 2.45) is 0 Å². The summed E-state index contributed by atoms with van der Waals surface area (Å²) in [5.74, 6) is 0.968. The summed E-state index contributed by atoms with van der Waals surface area (Å²) in [6.07, 6.45) is 2.77. The van der Waals surface area contributed by atoms with Gasteiger partial charge in [-0.2, -0.15) is 0 Å². The Kier molecular flexibility index (Phi) is 5.19. The number of aliphatic carboxylic acids is 1. The van der Waals surface area contributed by atoms with Crippen molar-refractivity contribution in [1.82, 2.24) is 5.16 Å². The monoisotopic (exact) mass is 381 g/mol. The van der Waals surface area contributed by atoms with E-state index >= 15 is 0 Å². The average Bonchev–Trinajstić information content (AvgIpc) is 3.24. The molecule has 28 heavy (non-hydrogen) atoms. The number of hydrogen-bond donors (Lipinski definition) is 1. The second kappa shape index (κ2) is 7.92. The average molecular weight is 381 g/mol. The second-order valence-electron chi connectivity index (χ2n) is 7.17. The maximum absolute atomic E-state index is 11.0. The molecule has 1 aliphatic carbocycles. The first kappa shape index (κ1) is 18.3. The lowest BCUT2D eigenvalue weighted by Crippen LogP contribution is -2.05. The third kappa shape index (κ3) is 3.96. The van der Waals surface area contributed by atoms with E-state index in [9.17, 15) is 4.79 Å². The van der Waals surface area contributed by atoms with E-state index in [1.807, 2.05) is 43.3 Å². The third-order valence-corrected chi connectivity index (χ3v) is 5.19. The van der Waals surface area contributed by atoms with Crippen molar-refractivity contribution < 1.29 is 23.9 Å². The van der Waals surface area contributed by atoms with Gasteiger partial charge in [0.1, 0.15) is 11.5 Å². The molecule has 0 radical (unpaired) electrons. The van der Waals surface area contributed by atoms with Crippen LogP contribution in [0.1, 0.15) is 42.0 Å². The van der Waals surface area contributed by atoms with E-state index in [1.54, 1.807) is 0 Å². The third-order valence-electron chi connectivity index (χ3n) is 5.19. The van der Waals surface area contributed by atoms with Crippen LogP contribution in [0.3, 0.4) is 0 Å². The zero-order valence-corrected chi connectivity index (χ0v) is 15.8. The number of benzene rings is 2. The topological polar surface area (TPSA) is 81.8 Å². The number of carboxylic acids is 1. The molecule has 0 unspecified atom stereocenters. The molecule has 0 saturated carbocycles. The van der Waals surface area contributed by atoms with E-state index in [1.165, 1.54) is 5.56 Å². The maximum Gasteiger partial charge on any atom is 0.303 e. The standard InChI is InChI=1S/C22H23NO5/c1-14-19-7-5-18(13-21(19)28-23-14)27-10-2-9-26-17-6-8-20-15(11-17)3-4-16(20)12-22(24)25/h5-8,11,13,16H,2-4,9-10,12H2,1H3,(H,24,25)/t16-/m0/s1. The SMILES string of the molecule is Cc1noc2cc(OCCCOc3ccc4c(c3)CC[C@H]4CC(=O)O)ccc12. The van der Waals surface area contributed by atoms with Gasteiger partial charge in [-0.25, -0.2) is 0 Å². The molecule has 0 bridgehead atoms. The van der Waals surface area contributed by atoms with Crippen molar-refractivity contribution in [2.45, 2.75) is 38.5 Å². The molecule has 6 nitrogen and oxygen atoms in total. The number of aromatic nitrogens is 1. The number of carbonyl (C=O) groups is 1. The van der Waals surface area contributed by atoms with Crippen molar-refractivity contribution in [2.75, 3.05) is 13.2 Å². The number of fused-ring (bicyclic) bond motifs is 2. The number of rotatable bonds is 8. The minimum absolute atomic E-state index is 0.125. The Morgan fingerprint density at radius 2 is 1.93 bits per heavy atom. The fraction of sp³-hybridized carbons (Fsp3) is 0.364. The molecule has 1 aromatic heterocycles. The van der Waals surface area contributed by atoms with Gasteiger partial charge in [0.2, 0.25) is 0 Å². The highest BCUT2D eigenvalue weighted by Gasteiger charge is 2.24. The quantitative estimate of drug-likeness (QED) is 0.579. The lowest BCUT2D eigenvalue weighted by atomic mass is 9.98. The molecule has 0 aliphatic heterocycles. The Balaban J connectivity index is 1.24. The van der Waals surface area contributed by atoms with Crippen molar-refractivity contribution in [3.05, 3.63) is 53.2 Å². The zero-order chi connectivity index (χ0) is 19.5. The maximum atomic E-state index is 11.0. The van der Waals surface area contributed by atoms with Gasteiger partial charge in [-0.3, -0.25) is 4.79 Å². The zero-order valence-electron chi connectivity index (χ0n) is 15.8. The molecule has 0 amide bonds. The Hall–Kier alpha value is -3.02. The van der Waals surface area contributed by atoms with Crippen LogP contribution in [-0.4, -0.2) is 29.4 Å². The number of nitrogens with zero attached hydrogens (tertiary/aromatic N) is 1. The van der Waals surface area contributed by atoms with Crippen LogP contribution < -0.4 is 9.47 Å². The fourth-order valence-electron chi connectivity index (χ4n) is 3.77. The number of hydrogen-bond acceptors (Lipinski definition) is 5. The van der Waals surface area contributed by atoms with Crippen molar-refractivity contribution in [1.29, 1.82) is 0 Å². The summed E-state index contributed by atoms with van der Waals surface area (Å²) >= 11 is 0. The molecule has 146 valence electrons. The van der Waals surface area contributed by atoms with Crippen LogP contribution in [0.4, 0.5) is 0 Å². The fourth-order valence-corrected chi connectivity index (χ4v) is 3.77. The molecule has 6 heteroatoms. The van der Waals surface area contributed by atoms with E-state index in [4.69, 9.17) is 19.1 Å². The van der Waals surface area contributed by atoms with Gasteiger partial charge in [-0.1, -0.05) is 11.2 Å². The Morgan fingerprint density at radius 3 is 2.71 bits per heavy atom. The number of ether oxygens (including phenoxy) is 2. The smallest absolute Gasteiger partial charge is 0.303 e. The molecule has 0 fully saturated rings. The summed E-state index contributed by atoms with van der Waals surface area (Å²) in [6.45, 7) is 3.01. The van der Waals surface area contributed by atoms with Gasteiger partial charge >= 0.3 is 5.97 Å². The minimum atomic E-state index is -0.740. The van der Waals surface area contributed by atoms with E-state index in [0.717, 1.165) is 53.0 Å². The van der Waals surface area contributed by atoms with Gasteiger partial charge < -0.3 is 19.1 Å². The summed E-state index contributed by atoms with van der Waals surface area (Å²) in [4.78, 5) is 11.0. The number of aryl methyl sites for hydroxylation is 2. The van der Waals surface area contributed by atoms with Crippen LogP contribution >= 0.6 is 0 Å². The second-order valence-corrected chi connectivity index (χ2v) is 7.17. The van der Waals surface area contributed by atoms with E-state index < -0.39 is 5.97 Å². The molecule has 1 heterocycles. The number of carboxylic acid groups (broad SMARTS) is 1. The van der Waals surface area contributed by atoms with E-state index in [0.29, 0.717) is 13.2 Å². The highest BCUT2D eigenvalue weighted by molar-refractivity contribution is 5.80. The van der Waals surface area contributed by atoms with E-state index in [2.05, 4.69) is 5.16 Å². The normalized spacial score (nSPS) is 15.5. The highest BCUT2D eigenvalue weighted by Crippen LogP contribution is 2.37. The van der Waals surface area contributed by atoms with Gasteiger partial charge in [0, 0.05) is 17.9 Å². The first-order chi connectivity index (χ1) is 13.6. The van der Waals surface area contributed by atoms with Crippen molar-refractivity contribution in [3.8, 4) is 11.5 Å². The lowest BCUT2D eigenvalue weighted by molar-refractivity contribution is -0.137. The van der Waals surface area contributed by atoms with Gasteiger partial charge in [0.05, 0.1) is 25.3 Å². The van der Waals surface area contributed by atoms with Crippen molar-refractivity contribution >= 4 is 16.9 Å². The van der Waals surface area contributed by atoms with Crippen LogP contribution in [0.15, 0.2) is 40.9 Å². The van der Waals surface area contributed by atoms with Crippen LogP contribution in [0.5, 0.6) is 11.5 Å².